The van der Waals surface area contributed by atoms with Crippen molar-refractivity contribution in [1.82, 2.24) is 24.5 Å². The number of ether oxygens (including phenoxy) is 16. The van der Waals surface area contributed by atoms with Gasteiger partial charge in [-0.1, -0.05) is 85.1 Å². The molecule has 3 aliphatic rings. The lowest BCUT2D eigenvalue weighted by molar-refractivity contribution is -1.15. The molecule has 2 bridgehead atoms. The number of thioether (sulfide) groups is 2. The maximum absolute atomic E-state index is 14.8. The summed E-state index contributed by atoms with van der Waals surface area (Å²) in [6.07, 6.45) is 8.93. The minimum atomic E-state index is -1.13. The number of aryl methyl sites for hydroxylation is 1. The van der Waals surface area contributed by atoms with Gasteiger partial charge < -0.3 is 91.1 Å². The second kappa shape index (κ2) is 65.5. The van der Waals surface area contributed by atoms with E-state index >= 15 is 0 Å². The van der Waals surface area contributed by atoms with Gasteiger partial charge >= 0.3 is 18.1 Å². The first-order chi connectivity index (χ1) is 66.7. The Balaban J connectivity index is 0. The molecule has 3 aliphatic heterocycles. The number of fused-ring (bicyclic) bond motifs is 4. The van der Waals surface area contributed by atoms with E-state index in [0.717, 1.165) is 61.8 Å². The molecule has 6 heterocycles. The summed E-state index contributed by atoms with van der Waals surface area (Å²) in [5, 5.41) is 13.2. The van der Waals surface area contributed by atoms with E-state index in [4.69, 9.17) is 80.2 Å². The van der Waals surface area contributed by atoms with Crippen molar-refractivity contribution in [3.63, 3.8) is 0 Å². The number of aromatic nitrogens is 5. The number of nitrogens with zero attached hydrogens (tertiary/aromatic N) is 8. The average Bonchev–Trinajstić information content (AvgIpc) is 0.752. The van der Waals surface area contributed by atoms with Gasteiger partial charge in [0.2, 0.25) is 6.54 Å². The Morgan fingerprint density at radius 1 is 0.493 bits per heavy atom. The summed E-state index contributed by atoms with van der Waals surface area (Å²) in [7, 11) is 23.8. The predicted molar refractivity (Wildman–Crippen MR) is 516 cm³/mol. The topological polar surface area (TPSA) is 343 Å². The highest BCUT2D eigenvalue weighted by Crippen LogP contribution is 2.41. The van der Waals surface area contributed by atoms with E-state index in [2.05, 4.69) is 58.5 Å². The van der Waals surface area contributed by atoms with Gasteiger partial charge in [0.1, 0.15) is 53.7 Å². The lowest BCUT2D eigenvalue weighted by atomic mass is 10.0. The van der Waals surface area contributed by atoms with Gasteiger partial charge in [0.25, 0.3) is 5.56 Å². The van der Waals surface area contributed by atoms with Crippen LogP contribution < -0.4 is 77.2 Å². The van der Waals surface area contributed by atoms with Crippen LogP contribution in [-0.4, -0.2) is 242 Å². The smallest absolute Gasteiger partial charge is 0.373 e. The Bertz CT molecular complexity index is 5720. The van der Waals surface area contributed by atoms with Crippen LogP contribution in [0.4, 0.5) is 63.0 Å². The van der Waals surface area contributed by atoms with Gasteiger partial charge in [-0.3, -0.25) is 18.6 Å². The summed E-state index contributed by atoms with van der Waals surface area (Å²) in [5.41, 5.74) is -1.65. The number of alkyl halides is 1. The summed E-state index contributed by atoms with van der Waals surface area (Å²) in [6.45, 7) is 13.8. The van der Waals surface area contributed by atoms with E-state index in [1.165, 1.54) is 172 Å². The third kappa shape index (κ3) is 34.3. The molecule has 0 radical (unpaired) electrons. The number of aldehydes is 1. The number of hydrogen-bond acceptors (Lipinski definition) is 30. The quantitative estimate of drug-likeness (QED) is 0.00461. The standard InChI is InChI=1S/C17H15F2N3O3S.C11H14F2O2.C10H9F2NO2.C10H10F2O4.C10H12F2O2.C10H12O4.C9H10F2O3.C7H14ClFN2.C7H9N3OS.CO2.4CH4/c1-22-15-8(7-20-17(21-15)26-4)5-9(16(22)23)12-13(18)10(24-2)6-11(25-3)14(12)19;1-4-5-7-10(12)8(14-2)6-9(15-3)11(7)13;1-13-5-6-9(11)7(14-2)4-8(15-3)10(6)12;1-14-5-4-6(15-2)9(12)7(8(5)11)10(13)16-3;1-4-6-9(11)7(13-2)5-8(14-3)10(6)12;1-12-8-4-7(10(11)14-3)5-9(6-8)13-2;1-13-6-3-7(14-2)9(11)5(4-12)8(6)10;8-7-10-1-4-11(9,5-2-10)6-3-10;1-8-6-5(4-11)3-9-7(10-6)12-2;2-1-3;;;;/h5-7H,1-4H3;6H,4-5H2,1-3H3;4H,5H2,2-3H3;4H,1-3H3;5H,4H2,1-3H3;4-6H,1-3H3;3,12H,4H2,1-2H3;1-7H2;3-4H,1-2H3,(H,8,9,10);;4*1H4/q;;;;;;;+2;;;;;;. The first-order valence-electron chi connectivity index (χ1n) is 40.5. The van der Waals surface area contributed by atoms with Gasteiger partial charge in [0, 0.05) is 85.5 Å². The van der Waals surface area contributed by atoms with Crippen molar-refractivity contribution in [1.29, 1.82) is 0 Å². The van der Waals surface area contributed by atoms with Crippen LogP contribution in [0, 0.1) is 76.4 Å². The largest absolute Gasteiger partial charge is 0.497 e. The third-order valence-electron chi connectivity index (χ3n) is 20.1. The molecule has 0 atom stereocenters. The zero-order chi connectivity index (χ0) is 106. The Hall–Kier alpha value is -13.7. The van der Waals surface area contributed by atoms with Crippen molar-refractivity contribution in [3.05, 3.63) is 204 Å². The molecule has 48 heteroatoms. The van der Waals surface area contributed by atoms with Crippen molar-refractivity contribution in [2.24, 2.45) is 7.05 Å². The van der Waals surface area contributed by atoms with Crippen LogP contribution in [0.1, 0.15) is 103 Å². The molecule has 796 valence electrons. The van der Waals surface area contributed by atoms with Crippen LogP contribution in [-0.2, 0) is 52.1 Å². The van der Waals surface area contributed by atoms with Gasteiger partial charge in [0.05, 0.1) is 148 Å². The minimum absolute atomic E-state index is 0. The normalized spacial score (nSPS) is 12.6. The molecule has 0 saturated carbocycles. The summed E-state index contributed by atoms with van der Waals surface area (Å²) in [6, 6.07) is 13.6. The Labute approximate surface area is 840 Å². The molecular formula is C96H121ClF13N9O23S2+2. The molecule has 3 saturated heterocycles. The van der Waals surface area contributed by atoms with Crippen LogP contribution in [0.2, 0.25) is 0 Å². The highest BCUT2D eigenvalue weighted by atomic mass is 35.5. The van der Waals surface area contributed by atoms with Gasteiger partial charge in [0.15, 0.2) is 181 Å². The number of methoxy groups -OCH3 is 16. The van der Waals surface area contributed by atoms with E-state index in [1.807, 2.05) is 13.2 Å². The zero-order valence-electron chi connectivity index (χ0n) is 80.1. The monoisotopic (exact) mass is 2110 g/mol. The molecule has 32 nitrogen and oxygen atoms in total. The summed E-state index contributed by atoms with van der Waals surface area (Å²) in [4.78, 5) is 81.3. The van der Waals surface area contributed by atoms with E-state index in [-0.39, 0.29) is 145 Å². The second-order valence-electron chi connectivity index (χ2n) is 27.8. The summed E-state index contributed by atoms with van der Waals surface area (Å²) in [5.74, 6) is -11.8. The maximum atomic E-state index is 14.8. The highest BCUT2D eigenvalue weighted by molar-refractivity contribution is 7.98. The SMILES string of the molecule is C.C.C.C.CCCc1c(F)c(OC)cc(OC)c1F.CCc1c(F)c(OC)cc(OC)c1F.CNc1nc(SC)ncc1C=O.COC(=O)c1c(F)c(OC)cc(OC)c1F.COC(=O)c1cc(OC)cc(OC)c1.COc1cc(OC)c(F)c(-c2cc3cnc(SC)nc3n(C)c2=O)c1F.COc1cc(OC)c(F)c(CO)c1F.F[N+]12CC[N+](CCl)(CC1)CC2.O=C=O.[C-]#[N+]Cc1c(F)c(OC)cc(OC)c1F. The number of halogens is 14. The fourth-order valence-electron chi connectivity index (χ4n) is 12.5. The molecule has 13 rings (SSSR count). The van der Waals surface area contributed by atoms with E-state index in [0.29, 0.717) is 88.3 Å². The number of carbonyl (C=O) groups excluding carboxylic acids is 5. The van der Waals surface area contributed by atoms with Crippen molar-refractivity contribution < 1.29 is 171 Å². The second-order valence-corrected chi connectivity index (χ2v) is 29.6. The first-order valence-corrected chi connectivity index (χ1v) is 43.5. The highest BCUT2D eigenvalue weighted by Gasteiger charge is 2.50. The van der Waals surface area contributed by atoms with Crippen LogP contribution >= 0.6 is 35.1 Å². The first kappa shape index (κ1) is 132. The van der Waals surface area contributed by atoms with E-state index in [9.17, 15) is 76.3 Å². The van der Waals surface area contributed by atoms with Crippen LogP contribution in [0.25, 0.3) is 27.0 Å². The van der Waals surface area contributed by atoms with E-state index < -0.39 is 111 Å². The Morgan fingerprint density at radius 3 is 1.13 bits per heavy atom. The molecule has 0 amide bonds. The molecule has 2 N–H and O–H groups in total. The average molecular weight is 2120 g/mol. The lowest BCUT2D eigenvalue weighted by Crippen LogP contribution is -2.71. The number of carbonyl (C=O) groups is 3. The number of benzene rings is 7. The number of hydrogen-bond donors (Lipinski definition) is 2. The Morgan fingerprint density at radius 2 is 0.826 bits per heavy atom. The molecule has 144 heavy (non-hydrogen) atoms. The molecule has 7 aromatic carbocycles. The summed E-state index contributed by atoms with van der Waals surface area (Å²) < 4.78 is 256. The Kier molecular flexibility index (Phi) is 60.2. The number of piperazine rings is 3. The summed E-state index contributed by atoms with van der Waals surface area (Å²) >= 11 is 8.61. The molecule has 0 spiro atoms. The number of aliphatic hydroxyl groups excluding tert-OH is 1. The number of anilines is 1. The van der Waals surface area contributed by atoms with Crippen molar-refractivity contribution in [2.45, 2.75) is 86.3 Å². The molecule has 3 aromatic heterocycles. The molecule has 0 unspecified atom stereocenters. The van der Waals surface area contributed by atoms with Crippen LogP contribution in [0.15, 0.2) is 88.2 Å². The number of esters is 2. The predicted octanol–water partition coefficient (Wildman–Crippen LogP) is 19.4. The van der Waals surface area contributed by atoms with Crippen LogP contribution in [0.3, 0.4) is 0 Å². The van der Waals surface area contributed by atoms with Gasteiger partial charge in [-0.15, -0.1) is 4.71 Å². The van der Waals surface area contributed by atoms with Crippen molar-refractivity contribution >= 4 is 76.4 Å². The van der Waals surface area contributed by atoms with Crippen molar-refractivity contribution in [2.75, 3.05) is 184 Å². The third-order valence-corrected chi connectivity index (χ3v) is 21.7. The zero-order valence-corrected chi connectivity index (χ0v) is 82.5. The molecule has 10 aromatic rings. The van der Waals surface area contributed by atoms with Gasteiger partial charge in [-0.25, -0.2) is 88.8 Å². The molecular weight excluding hydrogens is 1990 g/mol. The number of nitrogens with one attached hydrogen (secondary N) is 1. The molecule has 0 aliphatic carbocycles. The van der Waals surface area contributed by atoms with Gasteiger partial charge in [-0.2, -0.15) is 9.59 Å². The van der Waals surface area contributed by atoms with Crippen molar-refractivity contribution in [3.8, 4) is 91.6 Å². The molecule has 3 fully saturated rings. The number of quaternary nitrogens is 2. The number of rotatable bonds is 27. The number of pyridine rings is 1. The van der Waals surface area contributed by atoms with Gasteiger partial charge in [-0.05, 0) is 48.0 Å². The van der Waals surface area contributed by atoms with Crippen LogP contribution in [0.5, 0.6) is 80.5 Å². The maximum Gasteiger partial charge on any atom is 0.373 e. The lowest BCUT2D eigenvalue weighted by Gasteiger charge is -2.48. The minimum Gasteiger partial charge on any atom is -0.497 e. The fourth-order valence-corrected chi connectivity index (χ4v) is 13.5. The fraction of sp³-hybridized carbons (Fsp3) is 0.396. The number of aliphatic hydroxyl groups is 1. The van der Waals surface area contributed by atoms with E-state index in [1.54, 1.807) is 38.4 Å².